The second kappa shape index (κ2) is 8.81. The van der Waals surface area contributed by atoms with Crippen LogP contribution in [0.25, 0.3) is 0 Å². The lowest BCUT2D eigenvalue weighted by atomic mass is 10.2. The SMILES string of the molecule is CN(C)c1ccncc1CNCc1ccnc(N2CCCCCC2)c1. The Labute approximate surface area is 151 Å². The molecule has 134 valence electrons. The molecule has 5 nitrogen and oxygen atoms in total. The summed E-state index contributed by atoms with van der Waals surface area (Å²) in [6, 6.07) is 6.39. The minimum Gasteiger partial charge on any atom is -0.377 e. The van der Waals surface area contributed by atoms with Gasteiger partial charge >= 0.3 is 0 Å². The molecule has 1 aliphatic rings. The Balaban J connectivity index is 1.59. The molecule has 3 rings (SSSR count). The number of nitrogens with one attached hydrogen (secondary N) is 1. The zero-order valence-electron chi connectivity index (χ0n) is 15.4. The highest BCUT2D eigenvalue weighted by molar-refractivity contribution is 5.50. The number of aromatic nitrogens is 2. The summed E-state index contributed by atoms with van der Waals surface area (Å²) in [4.78, 5) is 13.4. The topological polar surface area (TPSA) is 44.3 Å². The van der Waals surface area contributed by atoms with Gasteiger partial charge in [0.25, 0.3) is 0 Å². The van der Waals surface area contributed by atoms with Crippen molar-refractivity contribution in [1.29, 1.82) is 0 Å². The van der Waals surface area contributed by atoms with Crippen LogP contribution in [0.3, 0.4) is 0 Å². The highest BCUT2D eigenvalue weighted by Gasteiger charge is 2.11. The van der Waals surface area contributed by atoms with Crippen molar-refractivity contribution in [3.8, 4) is 0 Å². The summed E-state index contributed by atoms with van der Waals surface area (Å²) in [7, 11) is 4.13. The van der Waals surface area contributed by atoms with E-state index in [0.29, 0.717) is 0 Å². The van der Waals surface area contributed by atoms with E-state index in [1.807, 2.05) is 18.6 Å². The normalized spacial score (nSPS) is 15.0. The maximum atomic E-state index is 4.59. The average Bonchev–Trinajstić information content (AvgIpc) is 2.92. The molecule has 0 saturated carbocycles. The van der Waals surface area contributed by atoms with Crippen molar-refractivity contribution in [2.24, 2.45) is 0 Å². The van der Waals surface area contributed by atoms with Crippen LogP contribution in [0.4, 0.5) is 11.5 Å². The van der Waals surface area contributed by atoms with Crippen molar-refractivity contribution >= 4 is 11.5 Å². The molecule has 2 aromatic heterocycles. The molecule has 1 saturated heterocycles. The van der Waals surface area contributed by atoms with Gasteiger partial charge in [-0.2, -0.15) is 0 Å². The van der Waals surface area contributed by atoms with E-state index >= 15 is 0 Å². The number of anilines is 2. The molecule has 25 heavy (non-hydrogen) atoms. The monoisotopic (exact) mass is 339 g/mol. The lowest BCUT2D eigenvalue weighted by molar-refractivity contribution is 0.688. The molecule has 0 unspecified atom stereocenters. The summed E-state index contributed by atoms with van der Waals surface area (Å²) in [6.07, 6.45) is 11.0. The number of hydrogen-bond donors (Lipinski definition) is 1. The van der Waals surface area contributed by atoms with Gasteiger partial charge in [-0.15, -0.1) is 0 Å². The Morgan fingerprint density at radius 1 is 1.04 bits per heavy atom. The number of nitrogens with zero attached hydrogens (tertiary/aromatic N) is 4. The Bertz CT molecular complexity index is 663. The minimum atomic E-state index is 0.808. The van der Waals surface area contributed by atoms with E-state index < -0.39 is 0 Å². The molecule has 0 aromatic carbocycles. The van der Waals surface area contributed by atoms with Crippen molar-refractivity contribution in [2.45, 2.75) is 38.8 Å². The van der Waals surface area contributed by atoms with Crippen LogP contribution < -0.4 is 15.1 Å². The summed E-state index contributed by atoms with van der Waals surface area (Å²) in [5.41, 5.74) is 3.71. The molecular formula is C20H29N5. The van der Waals surface area contributed by atoms with Gasteiger partial charge in [-0.1, -0.05) is 12.8 Å². The van der Waals surface area contributed by atoms with E-state index in [2.05, 4.69) is 57.4 Å². The van der Waals surface area contributed by atoms with Crippen molar-refractivity contribution in [3.05, 3.63) is 47.9 Å². The lowest BCUT2D eigenvalue weighted by Crippen LogP contribution is -2.25. The third kappa shape index (κ3) is 4.92. The zero-order chi connectivity index (χ0) is 17.5. The van der Waals surface area contributed by atoms with Gasteiger partial charge in [0, 0.05) is 70.1 Å². The third-order valence-electron chi connectivity index (χ3n) is 4.74. The summed E-state index contributed by atoms with van der Waals surface area (Å²) in [6.45, 7) is 3.91. The maximum absolute atomic E-state index is 4.59. The van der Waals surface area contributed by atoms with Crippen LogP contribution in [0.1, 0.15) is 36.8 Å². The number of hydrogen-bond acceptors (Lipinski definition) is 5. The van der Waals surface area contributed by atoms with Crippen LogP contribution in [0, 0.1) is 0 Å². The molecular weight excluding hydrogens is 310 g/mol. The van der Waals surface area contributed by atoms with Crippen molar-refractivity contribution < 1.29 is 0 Å². The van der Waals surface area contributed by atoms with Gasteiger partial charge in [-0.25, -0.2) is 4.98 Å². The van der Waals surface area contributed by atoms with E-state index in [9.17, 15) is 0 Å². The average molecular weight is 339 g/mol. The Morgan fingerprint density at radius 2 is 1.84 bits per heavy atom. The minimum absolute atomic E-state index is 0.808. The fourth-order valence-electron chi connectivity index (χ4n) is 3.38. The van der Waals surface area contributed by atoms with E-state index in [1.165, 1.54) is 42.5 Å². The van der Waals surface area contributed by atoms with E-state index in [1.54, 1.807) is 0 Å². The molecule has 5 heteroatoms. The van der Waals surface area contributed by atoms with Crippen LogP contribution in [0.5, 0.6) is 0 Å². The van der Waals surface area contributed by atoms with Gasteiger partial charge in [0.15, 0.2) is 0 Å². The van der Waals surface area contributed by atoms with Crippen LogP contribution in [-0.4, -0.2) is 37.2 Å². The first-order chi connectivity index (χ1) is 12.2. The first kappa shape index (κ1) is 17.7. The third-order valence-corrected chi connectivity index (χ3v) is 4.74. The highest BCUT2D eigenvalue weighted by Crippen LogP contribution is 2.19. The first-order valence-corrected chi connectivity index (χ1v) is 9.25. The molecule has 0 atom stereocenters. The molecule has 0 spiro atoms. The molecule has 0 bridgehead atoms. The molecule has 2 aromatic rings. The molecule has 1 aliphatic heterocycles. The van der Waals surface area contributed by atoms with Gasteiger partial charge in [0.05, 0.1) is 0 Å². The first-order valence-electron chi connectivity index (χ1n) is 9.25. The van der Waals surface area contributed by atoms with Crippen LogP contribution in [0.15, 0.2) is 36.8 Å². The quantitative estimate of drug-likeness (QED) is 0.875. The summed E-state index contributed by atoms with van der Waals surface area (Å²) >= 11 is 0. The number of pyridine rings is 2. The second-order valence-corrected chi connectivity index (χ2v) is 6.93. The van der Waals surface area contributed by atoms with Crippen molar-refractivity contribution in [2.75, 3.05) is 37.0 Å². The summed E-state index contributed by atoms with van der Waals surface area (Å²) < 4.78 is 0. The fraction of sp³-hybridized carbons (Fsp3) is 0.500. The van der Waals surface area contributed by atoms with Gasteiger partial charge in [0.2, 0.25) is 0 Å². The van der Waals surface area contributed by atoms with Gasteiger partial charge in [-0.3, -0.25) is 4.98 Å². The summed E-state index contributed by atoms with van der Waals surface area (Å²) in [5.74, 6) is 1.12. The lowest BCUT2D eigenvalue weighted by Gasteiger charge is -2.22. The van der Waals surface area contributed by atoms with Gasteiger partial charge < -0.3 is 15.1 Å². The van der Waals surface area contributed by atoms with Gasteiger partial charge in [0.1, 0.15) is 5.82 Å². The Kier molecular flexibility index (Phi) is 6.23. The molecule has 3 heterocycles. The standard InChI is InChI=1S/C20H29N5/c1-24(2)19-8-9-21-15-18(19)16-22-14-17-7-10-23-20(13-17)25-11-5-3-4-6-12-25/h7-10,13,15,22H,3-6,11-12,14,16H2,1-2H3. The molecule has 0 radical (unpaired) electrons. The zero-order valence-corrected chi connectivity index (χ0v) is 15.4. The maximum Gasteiger partial charge on any atom is 0.128 e. The summed E-state index contributed by atoms with van der Waals surface area (Å²) in [5, 5.41) is 3.54. The predicted molar refractivity (Wildman–Crippen MR) is 104 cm³/mol. The van der Waals surface area contributed by atoms with Crippen molar-refractivity contribution in [1.82, 2.24) is 15.3 Å². The van der Waals surface area contributed by atoms with E-state index in [-0.39, 0.29) is 0 Å². The van der Waals surface area contributed by atoms with Gasteiger partial charge in [-0.05, 0) is 36.6 Å². The van der Waals surface area contributed by atoms with Crippen LogP contribution >= 0.6 is 0 Å². The largest absolute Gasteiger partial charge is 0.377 e. The van der Waals surface area contributed by atoms with E-state index in [4.69, 9.17) is 0 Å². The second-order valence-electron chi connectivity index (χ2n) is 6.93. The highest BCUT2D eigenvalue weighted by atomic mass is 15.2. The number of rotatable bonds is 6. The predicted octanol–water partition coefficient (Wildman–Crippen LogP) is 3.21. The fourth-order valence-corrected chi connectivity index (χ4v) is 3.38. The van der Waals surface area contributed by atoms with Crippen LogP contribution in [0.2, 0.25) is 0 Å². The van der Waals surface area contributed by atoms with Crippen molar-refractivity contribution in [3.63, 3.8) is 0 Å². The van der Waals surface area contributed by atoms with Crippen LogP contribution in [-0.2, 0) is 13.1 Å². The molecule has 1 N–H and O–H groups in total. The molecule has 0 amide bonds. The Hall–Kier alpha value is -2.14. The Morgan fingerprint density at radius 3 is 2.60 bits per heavy atom. The molecule has 1 fully saturated rings. The van der Waals surface area contributed by atoms with E-state index in [0.717, 1.165) is 32.0 Å². The molecule has 0 aliphatic carbocycles. The smallest absolute Gasteiger partial charge is 0.128 e.